The molecular weight excluding hydrogens is 316 g/mol. The monoisotopic (exact) mass is 340 g/mol. The number of aromatic amines is 1. The highest BCUT2D eigenvalue weighted by atomic mass is 16.5. The molecule has 1 atom stereocenters. The second kappa shape index (κ2) is 6.75. The number of rotatable bonds is 4. The second-order valence-electron chi connectivity index (χ2n) is 6.58. The van der Waals surface area contributed by atoms with Gasteiger partial charge in [0.15, 0.2) is 5.78 Å². The van der Waals surface area contributed by atoms with Crippen molar-refractivity contribution in [3.8, 4) is 5.75 Å². The fraction of sp³-hybridized carbons (Fsp3) is 0.400. The van der Waals surface area contributed by atoms with Crippen molar-refractivity contribution < 1.29 is 14.3 Å². The second-order valence-corrected chi connectivity index (χ2v) is 6.58. The number of nitrogens with one attached hydrogen (secondary N) is 1. The standard InChI is InChI=1S/C20H24N2O3/c1-12-18(13(2)21-19(12)14(3)23)20(24)22-11-7-9-16(22)15-8-5-6-10-17(15)25-4/h5-6,8,10,16,21H,7,9,11H2,1-4H3/t16-/m1/s1. The summed E-state index contributed by atoms with van der Waals surface area (Å²) in [5.41, 5.74) is 3.66. The molecule has 0 radical (unpaired) electrons. The van der Waals surface area contributed by atoms with Gasteiger partial charge in [-0.15, -0.1) is 0 Å². The van der Waals surface area contributed by atoms with E-state index in [2.05, 4.69) is 4.98 Å². The molecule has 0 saturated carbocycles. The lowest BCUT2D eigenvalue weighted by Gasteiger charge is -2.26. The van der Waals surface area contributed by atoms with E-state index in [0.29, 0.717) is 17.8 Å². The largest absolute Gasteiger partial charge is 0.496 e. The molecule has 2 aromatic rings. The van der Waals surface area contributed by atoms with Crippen LogP contribution in [-0.4, -0.2) is 35.2 Å². The minimum atomic E-state index is -0.0534. The van der Waals surface area contributed by atoms with E-state index in [-0.39, 0.29) is 17.7 Å². The van der Waals surface area contributed by atoms with Gasteiger partial charge in [-0.25, -0.2) is 0 Å². The third-order valence-corrected chi connectivity index (χ3v) is 5.02. The lowest BCUT2D eigenvalue weighted by atomic mass is 10.0. The summed E-state index contributed by atoms with van der Waals surface area (Å²) in [5.74, 6) is 0.730. The molecule has 2 heterocycles. The van der Waals surface area contributed by atoms with Crippen LogP contribution in [0.1, 0.15) is 63.5 Å². The number of aromatic nitrogens is 1. The van der Waals surface area contributed by atoms with Crippen LogP contribution in [0.4, 0.5) is 0 Å². The Balaban J connectivity index is 1.98. The number of aryl methyl sites for hydroxylation is 1. The topological polar surface area (TPSA) is 62.4 Å². The summed E-state index contributed by atoms with van der Waals surface area (Å²) >= 11 is 0. The highest BCUT2D eigenvalue weighted by molar-refractivity contribution is 6.02. The minimum absolute atomic E-state index is 0.00173. The van der Waals surface area contributed by atoms with E-state index in [1.54, 1.807) is 7.11 Å². The number of Topliss-reactive ketones (excluding diaryl/α,β-unsaturated/α-hetero) is 1. The number of amides is 1. The van der Waals surface area contributed by atoms with E-state index in [9.17, 15) is 9.59 Å². The number of benzene rings is 1. The van der Waals surface area contributed by atoms with Gasteiger partial charge in [-0.1, -0.05) is 18.2 Å². The highest BCUT2D eigenvalue weighted by Gasteiger charge is 2.34. The number of carbonyl (C=O) groups excluding carboxylic acids is 2. The van der Waals surface area contributed by atoms with E-state index in [1.165, 1.54) is 6.92 Å². The molecule has 1 aromatic carbocycles. The van der Waals surface area contributed by atoms with Crippen molar-refractivity contribution in [1.82, 2.24) is 9.88 Å². The van der Waals surface area contributed by atoms with Gasteiger partial charge in [0.1, 0.15) is 5.75 Å². The van der Waals surface area contributed by atoms with Crippen LogP contribution in [0.3, 0.4) is 0 Å². The van der Waals surface area contributed by atoms with Gasteiger partial charge in [-0.3, -0.25) is 9.59 Å². The summed E-state index contributed by atoms with van der Waals surface area (Å²) in [4.78, 5) is 30.0. The lowest BCUT2D eigenvalue weighted by Crippen LogP contribution is -2.31. The molecule has 25 heavy (non-hydrogen) atoms. The summed E-state index contributed by atoms with van der Waals surface area (Å²) < 4.78 is 5.49. The van der Waals surface area contributed by atoms with Crippen LogP contribution in [0.5, 0.6) is 5.75 Å². The van der Waals surface area contributed by atoms with E-state index < -0.39 is 0 Å². The van der Waals surface area contributed by atoms with Crippen LogP contribution in [0.2, 0.25) is 0 Å². The minimum Gasteiger partial charge on any atom is -0.496 e. The fourth-order valence-corrected chi connectivity index (χ4v) is 3.84. The Morgan fingerprint density at radius 1 is 1.24 bits per heavy atom. The Morgan fingerprint density at radius 2 is 1.96 bits per heavy atom. The van der Waals surface area contributed by atoms with Gasteiger partial charge in [0.2, 0.25) is 0 Å². The zero-order chi connectivity index (χ0) is 18.1. The van der Waals surface area contributed by atoms with E-state index in [4.69, 9.17) is 4.74 Å². The summed E-state index contributed by atoms with van der Waals surface area (Å²) in [6, 6.07) is 7.85. The molecule has 0 aliphatic carbocycles. The number of ketones is 1. The summed E-state index contributed by atoms with van der Waals surface area (Å²) in [6.45, 7) is 5.91. The molecule has 1 fully saturated rings. The molecule has 1 aromatic heterocycles. The van der Waals surface area contributed by atoms with Crippen LogP contribution >= 0.6 is 0 Å². The summed E-state index contributed by atoms with van der Waals surface area (Å²) in [5, 5.41) is 0. The van der Waals surface area contributed by atoms with E-state index >= 15 is 0 Å². The van der Waals surface area contributed by atoms with Crippen LogP contribution < -0.4 is 4.74 Å². The van der Waals surface area contributed by atoms with Crippen molar-refractivity contribution in [2.24, 2.45) is 0 Å². The van der Waals surface area contributed by atoms with E-state index in [0.717, 1.165) is 35.4 Å². The van der Waals surface area contributed by atoms with Gasteiger partial charge in [0.25, 0.3) is 5.91 Å². The number of hydrogen-bond acceptors (Lipinski definition) is 3. The van der Waals surface area contributed by atoms with Gasteiger partial charge >= 0.3 is 0 Å². The van der Waals surface area contributed by atoms with Crippen molar-refractivity contribution in [3.05, 3.63) is 52.3 Å². The third kappa shape index (κ3) is 2.95. The molecule has 0 spiro atoms. The molecule has 0 unspecified atom stereocenters. The van der Waals surface area contributed by atoms with Crippen molar-refractivity contribution in [2.75, 3.05) is 13.7 Å². The summed E-state index contributed by atoms with van der Waals surface area (Å²) in [6.07, 6.45) is 1.87. The third-order valence-electron chi connectivity index (χ3n) is 5.02. The quantitative estimate of drug-likeness (QED) is 0.861. The number of likely N-dealkylation sites (tertiary alicyclic amines) is 1. The first-order valence-electron chi connectivity index (χ1n) is 8.59. The number of ether oxygens (including phenoxy) is 1. The number of hydrogen-bond donors (Lipinski definition) is 1. The van der Waals surface area contributed by atoms with Gasteiger partial charge < -0.3 is 14.6 Å². The van der Waals surface area contributed by atoms with Crippen LogP contribution in [0.25, 0.3) is 0 Å². The van der Waals surface area contributed by atoms with Gasteiger partial charge in [-0.05, 0) is 38.3 Å². The molecule has 132 valence electrons. The smallest absolute Gasteiger partial charge is 0.256 e. The van der Waals surface area contributed by atoms with Gasteiger partial charge in [0.05, 0.1) is 24.4 Å². The predicted octanol–water partition coefficient (Wildman–Crippen LogP) is 3.82. The first-order chi connectivity index (χ1) is 12.0. The van der Waals surface area contributed by atoms with Crippen molar-refractivity contribution >= 4 is 11.7 Å². The molecule has 1 N–H and O–H groups in total. The maximum absolute atomic E-state index is 13.3. The first kappa shape index (κ1) is 17.3. The molecule has 0 bridgehead atoms. The number of para-hydroxylation sites is 1. The molecule has 5 heteroatoms. The molecule has 3 rings (SSSR count). The Labute approximate surface area is 148 Å². The molecule has 5 nitrogen and oxygen atoms in total. The van der Waals surface area contributed by atoms with Crippen LogP contribution in [-0.2, 0) is 0 Å². The maximum atomic E-state index is 13.3. The molecular formula is C20H24N2O3. The maximum Gasteiger partial charge on any atom is 0.256 e. The number of nitrogens with zero attached hydrogens (tertiary/aromatic N) is 1. The number of methoxy groups -OCH3 is 1. The normalized spacial score (nSPS) is 17.0. The Morgan fingerprint density at radius 3 is 2.60 bits per heavy atom. The molecule has 1 aliphatic heterocycles. The zero-order valence-corrected chi connectivity index (χ0v) is 15.2. The molecule has 1 amide bonds. The van der Waals surface area contributed by atoms with E-state index in [1.807, 2.05) is 43.0 Å². The SMILES string of the molecule is COc1ccccc1[C@H]1CCCN1C(=O)c1c(C)[nH]c(C(C)=O)c1C. The molecule has 1 saturated heterocycles. The Bertz CT molecular complexity index is 822. The molecule has 1 aliphatic rings. The first-order valence-corrected chi connectivity index (χ1v) is 8.59. The highest BCUT2D eigenvalue weighted by Crippen LogP contribution is 2.38. The van der Waals surface area contributed by atoms with Crippen molar-refractivity contribution in [2.45, 2.75) is 39.7 Å². The van der Waals surface area contributed by atoms with Crippen molar-refractivity contribution in [3.63, 3.8) is 0 Å². The Kier molecular flexibility index (Phi) is 4.66. The van der Waals surface area contributed by atoms with Gasteiger partial charge in [-0.2, -0.15) is 0 Å². The van der Waals surface area contributed by atoms with Crippen molar-refractivity contribution in [1.29, 1.82) is 0 Å². The average molecular weight is 340 g/mol. The van der Waals surface area contributed by atoms with Gasteiger partial charge in [0, 0.05) is 24.7 Å². The van der Waals surface area contributed by atoms with Crippen LogP contribution in [0, 0.1) is 13.8 Å². The summed E-state index contributed by atoms with van der Waals surface area (Å²) in [7, 11) is 1.65. The number of H-pyrrole nitrogens is 1. The lowest BCUT2D eigenvalue weighted by molar-refractivity contribution is 0.0733. The Hall–Kier alpha value is -2.56. The average Bonchev–Trinajstić information content (AvgIpc) is 3.19. The zero-order valence-electron chi connectivity index (χ0n) is 15.2. The number of carbonyl (C=O) groups is 2. The van der Waals surface area contributed by atoms with Crippen LogP contribution in [0.15, 0.2) is 24.3 Å². The predicted molar refractivity (Wildman–Crippen MR) is 96.3 cm³/mol. The fourth-order valence-electron chi connectivity index (χ4n) is 3.84.